The normalized spacial score (nSPS) is 19.4. The Labute approximate surface area is 212 Å². The summed E-state index contributed by atoms with van der Waals surface area (Å²) in [6.45, 7) is 3.68. The second kappa shape index (κ2) is 10.0. The van der Waals surface area contributed by atoms with Crippen LogP contribution < -0.4 is 16.0 Å². The molecule has 3 aromatic carbocycles. The van der Waals surface area contributed by atoms with Gasteiger partial charge in [0.15, 0.2) is 0 Å². The van der Waals surface area contributed by atoms with Gasteiger partial charge in [0.2, 0.25) is 0 Å². The summed E-state index contributed by atoms with van der Waals surface area (Å²) < 4.78 is 0. The molecule has 0 unspecified atom stereocenters. The molecule has 0 amide bonds. The Kier molecular flexibility index (Phi) is 6.67. The van der Waals surface area contributed by atoms with Gasteiger partial charge >= 0.3 is 5.97 Å². The van der Waals surface area contributed by atoms with Crippen LogP contribution in [0.1, 0.15) is 60.4 Å². The average Bonchev–Trinajstić information content (AvgIpc) is 2.88. The molecule has 0 radical (unpaired) electrons. The van der Waals surface area contributed by atoms with Crippen LogP contribution in [0.3, 0.4) is 0 Å². The Morgan fingerprint density at radius 1 is 1.08 bits per heavy atom. The summed E-state index contributed by atoms with van der Waals surface area (Å²) in [7, 11) is 0. The maximum absolute atomic E-state index is 11.9. The summed E-state index contributed by atoms with van der Waals surface area (Å²) >= 11 is 0. The topological polar surface area (TPSA) is 97.2 Å². The molecule has 2 aliphatic rings. The molecule has 3 aromatic rings. The van der Waals surface area contributed by atoms with Gasteiger partial charge in [-0.1, -0.05) is 74.0 Å². The number of anilines is 2. The van der Waals surface area contributed by atoms with E-state index in [-0.39, 0.29) is 18.0 Å². The summed E-state index contributed by atoms with van der Waals surface area (Å²) in [5.41, 5.74) is 5.03. The van der Waals surface area contributed by atoms with Crippen LogP contribution in [0.5, 0.6) is 0 Å². The van der Waals surface area contributed by atoms with Gasteiger partial charge in [-0.3, -0.25) is 4.79 Å². The molecule has 3 atom stereocenters. The zero-order valence-electron chi connectivity index (χ0n) is 20.5. The molecule has 4 N–H and O–H groups in total. The smallest absolute Gasteiger partial charge is 0.314 e. The lowest BCUT2D eigenvalue weighted by atomic mass is 9.64. The third-order valence-corrected chi connectivity index (χ3v) is 7.88. The molecule has 36 heavy (non-hydrogen) atoms. The molecule has 0 bridgehead atoms. The van der Waals surface area contributed by atoms with Crippen LogP contribution in [0.25, 0.3) is 0 Å². The Morgan fingerprint density at radius 2 is 1.83 bits per heavy atom. The van der Waals surface area contributed by atoms with Gasteiger partial charge in [-0.05, 0) is 47.6 Å². The van der Waals surface area contributed by atoms with Crippen LogP contribution in [-0.4, -0.2) is 30.2 Å². The number of carboxylic acids is 1. The highest BCUT2D eigenvalue weighted by atomic mass is 16.4. The molecule has 0 saturated heterocycles. The number of benzene rings is 3. The van der Waals surface area contributed by atoms with Crippen molar-refractivity contribution in [2.45, 2.75) is 49.6 Å². The maximum Gasteiger partial charge on any atom is 0.314 e. The summed E-state index contributed by atoms with van der Waals surface area (Å²) in [6.07, 6.45) is 2.41. The minimum atomic E-state index is -0.711. The van der Waals surface area contributed by atoms with Crippen molar-refractivity contribution in [1.82, 2.24) is 5.32 Å². The summed E-state index contributed by atoms with van der Waals surface area (Å²) in [4.78, 5) is 11.9. The number of fused-ring (bicyclic) bond motifs is 1. The first kappa shape index (κ1) is 23.9. The molecule has 5 rings (SSSR count). The van der Waals surface area contributed by atoms with Gasteiger partial charge in [-0.25, -0.2) is 0 Å². The largest absolute Gasteiger partial charge is 0.481 e. The number of hydrogen-bond donors (Lipinski definition) is 4. The van der Waals surface area contributed by atoms with E-state index in [9.17, 15) is 15.2 Å². The lowest BCUT2D eigenvalue weighted by Gasteiger charge is -2.38. The van der Waals surface area contributed by atoms with E-state index < -0.39 is 11.4 Å². The molecule has 1 heterocycles. The molecule has 0 spiro atoms. The van der Waals surface area contributed by atoms with Gasteiger partial charge in [0.1, 0.15) is 6.07 Å². The van der Waals surface area contributed by atoms with E-state index in [1.165, 1.54) is 11.1 Å². The van der Waals surface area contributed by atoms with Gasteiger partial charge in [0.05, 0.1) is 34.4 Å². The van der Waals surface area contributed by atoms with Crippen molar-refractivity contribution in [3.8, 4) is 6.07 Å². The Balaban J connectivity index is 1.32. The van der Waals surface area contributed by atoms with Crippen molar-refractivity contribution < 1.29 is 9.90 Å². The Hall–Kier alpha value is -3.82. The number of para-hydroxylation sites is 1. The van der Waals surface area contributed by atoms with E-state index in [1.54, 1.807) is 0 Å². The van der Waals surface area contributed by atoms with E-state index >= 15 is 0 Å². The van der Waals surface area contributed by atoms with Crippen molar-refractivity contribution in [3.05, 3.63) is 95.1 Å². The van der Waals surface area contributed by atoms with E-state index in [2.05, 4.69) is 65.3 Å². The molecular weight excluding hydrogens is 448 g/mol. The number of nitriles is 1. The fourth-order valence-electron chi connectivity index (χ4n) is 5.47. The van der Waals surface area contributed by atoms with Crippen LogP contribution in [0.4, 0.5) is 11.4 Å². The van der Waals surface area contributed by atoms with Crippen molar-refractivity contribution in [2.24, 2.45) is 0 Å². The highest BCUT2D eigenvalue weighted by molar-refractivity contribution is 5.82. The molecule has 1 aliphatic carbocycles. The lowest BCUT2D eigenvalue weighted by Crippen LogP contribution is -2.45. The maximum atomic E-state index is 11.9. The third kappa shape index (κ3) is 4.43. The van der Waals surface area contributed by atoms with Crippen LogP contribution in [0, 0.1) is 11.3 Å². The first-order valence-corrected chi connectivity index (χ1v) is 12.7. The summed E-state index contributed by atoms with van der Waals surface area (Å²) in [6, 6.07) is 26.7. The van der Waals surface area contributed by atoms with Gasteiger partial charge < -0.3 is 21.1 Å². The lowest BCUT2D eigenvalue weighted by molar-refractivity contribution is -0.147. The molecule has 184 valence electrons. The number of nitrogens with zero attached hydrogens (tertiary/aromatic N) is 1. The molecule has 0 aromatic heterocycles. The molecular formula is C30H32N4O2. The van der Waals surface area contributed by atoms with E-state index in [0.717, 1.165) is 49.3 Å². The monoisotopic (exact) mass is 480 g/mol. The SMILES string of the molecule is C[C@H](CN[C@H](c1ccccc1)[C@H]1CNc2cccc(C#N)c2N1)c1ccc(C2(C(=O)O)CCC2)cc1. The molecule has 1 aliphatic heterocycles. The highest BCUT2D eigenvalue weighted by Crippen LogP contribution is 2.44. The predicted molar refractivity (Wildman–Crippen MR) is 142 cm³/mol. The van der Waals surface area contributed by atoms with Crippen LogP contribution in [-0.2, 0) is 10.2 Å². The first-order chi connectivity index (χ1) is 17.5. The number of carbonyl (C=O) groups is 1. The van der Waals surface area contributed by atoms with Crippen LogP contribution in [0.15, 0.2) is 72.8 Å². The van der Waals surface area contributed by atoms with Crippen molar-refractivity contribution in [3.63, 3.8) is 0 Å². The van der Waals surface area contributed by atoms with Gasteiger partial charge in [-0.2, -0.15) is 5.26 Å². The standard InChI is InChI=1S/C30H32N4O2/c1-20(21-11-13-24(14-12-21)30(29(35)36)15-6-16-30)18-33-27(22-7-3-2-4-8-22)26-19-32-25-10-5-9-23(17-31)28(25)34-26/h2-5,7-14,20,26-27,32-34H,6,15-16,18-19H2,1H3,(H,35,36)/t20-,26-,27-/m1/s1. The molecule has 6 heteroatoms. The fourth-order valence-corrected chi connectivity index (χ4v) is 5.47. The van der Waals surface area contributed by atoms with Crippen molar-refractivity contribution in [1.29, 1.82) is 5.26 Å². The van der Waals surface area contributed by atoms with E-state index in [4.69, 9.17) is 0 Å². The first-order valence-electron chi connectivity index (χ1n) is 12.7. The number of aliphatic carboxylic acids is 1. The zero-order valence-corrected chi connectivity index (χ0v) is 20.5. The highest BCUT2D eigenvalue weighted by Gasteiger charge is 2.45. The zero-order chi connectivity index (χ0) is 25.1. The fraction of sp³-hybridized carbons (Fsp3) is 0.333. The molecule has 6 nitrogen and oxygen atoms in total. The quantitative estimate of drug-likeness (QED) is 0.344. The van der Waals surface area contributed by atoms with Crippen molar-refractivity contribution >= 4 is 17.3 Å². The predicted octanol–water partition coefficient (Wildman–Crippen LogP) is 5.41. The Bertz CT molecular complexity index is 1260. The summed E-state index contributed by atoms with van der Waals surface area (Å²) in [5, 5.41) is 30.2. The number of hydrogen-bond acceptors (Lipinski definition) is 5. The van der Waals surface area contributed by atoms with Crippen LogP contribution in [0.2, 0.25) is 0 Å². The number of rotatable bonds is 8. The molecule has 1 saturated carbocycles. The van der Waals surface area contributed by atoms with E-state index in [0.29, 0.717) is 5.56 Å². The van der Waals surface area contributed by atoms with Crippen LogP contribution >= 0.6 is 0 Å². The number of carboxylic acid groups (broad SMARTS) is 1. The van der Waals surface area contributed by atoms with Gasteiger partial charge in [0.25, 0.3) is 0 Å². The summed E-state index contributed by atoms with van der Waals surface area (Å²) in [5.74, 6) is -0.470. The number of nitrogens with one attached hydrogen (secondary N) is 3. The second-order valence-corrected chi connectivity index (χ2v) is 10.0. The average molecular weight is 481 g/mol. The molecule has 1 fully saturated rings. The Morgan fingerprint density at radius 3 is 2.47 bits per heavy atom. The van der Waals surface area contributed by atoms with Crippen molar-refractivity contribution in [2.75, 3.05) is 23.7 Å². The minimum Gasteiger partial charge on any atom is -0.481 e. The van der Waals surface area contributed by atoms with Gasteiger partial charge in [0, 0.05) is 13.1 Å². The van der Waals surface area contributed by atoms with E-state index in [1.807, 2.05) is 36.4 Å². The second-order valence-electron chi connectivity index (χ2n) is 10.0. The third-order valence-electron chi connectivity index (χ3n) is 7.88. The minimum absolute atomic E-state index is 0.0329. The van der Waals surface area contributed by atoms with Gasteiger partial charge in [-0.15, -0.1) is 0 Å².